The van der Waals surface area contributed by atoms with Gasteiger partial charge in [-0.05, 0) is 79.9 Å². The molecule has 0 N–H and O–H groups in total. The van der Waals surface area contributed by atoms with Crippen molar-refractivity contribution in [2.45, 2.75) is 5.41 Å². The van der Waals surface area contributed by atoms with E-state index in [-0.39, 0.29) is 0 Å². The van der Waals surface area contributed by atoms with Gasteiger partial charge in [0.1, 0.15) is 0 Å². The first-order valence-corrected chi connectivity index (χ1v) is 22.0. The summed E-state index contributed by atoms with van der Waals surface area (Å²) in [7, 11) is 0. The topological polar surface area (TPSA) is 25.8 Å². The molecule has 62 heavy (non-hydrogen) atoms. The second-order valence-electron chi connectivity index (χ2n) is 16.0. The molecule has 0 fully saturated rings. The molecule has 290 valence electrons. The summed E-state index contributed by atoms with van der Waals surface area (Å²) >= 11 is 1.83. The van der Waals surface area contributed by atoms with Crippen molar-refractivity contribution in [1.29, 1.82) is 0 Å². The van der Waals surface area contributed by atoms with Crippen LogP contribution in [0.4, 0.5) is 0 Å². The molecule has 9 aromatic carbocycles. The minimum absolute atomic E-state index is 0.540. The summed E-state index contributed by atoms with van der Waals surface area (Å²) in [6.45, 7) is 0. The molecule has 3 heteroatoms. The standard InChI is InChI=1S/C59H38N2S/c1-5-18-39(19-6-1)41-32-35-47(51(36-41)40-20-7-2-8-21-40)54-38-55(50-29-17-28-49-48-27-14-16-31-56(48)62-57(49)50)61-58(60-54)42-33-34-46-45-26-13-15-30-52(45)59(53(46)37-42,43-22-9-3-10-23-43)44-24-11-4-12-25-44/h1-38H. The van der Waals surface area contributed by atoms with Crippen molar-refractivity contribution in [3.8, 4) is 67.3 Å². The van der Waals surface area contributed by atoms with E-state index in [2.05, 4.69) is 231 Å². The SMILES string of the molecule is c1ccc(-c2ccc(-c3cc(-c4cccc5c4sc4ccccc45)nc(-c4ccc5c(c4)C(c4ccccc4)(c4ccccc4)c4ccccc4-5)n3)c(-c3ccccc3)c2)cc1. The van der Waals surface area contributed by atoms with Gasteiger partial charge >= 0.3 is 0 Å². The van der Waals surface area contributed by atoms with Gasteiger partial charge < -0.3 is 0 Å². The lowest BCUT2D eigenvalue weighted by Gasteiger charge is -2.34. The highest BCUT2D eigenvalue weighted by Crippen LogP contribution is 2.56. The van der Waals surface area contributed by atoms with Gasteiger partial charge in [0.15, 0.2) is 5.82 Å². The average Bonchev–Trinajstić information content (AvgIpc) is 3.89. The molecule has 0 radical (unpaired) electrons. The number of rotatable bonds is 7. The predicted octanol–water partition coefficient (Wildman–Crippen LogP) is 15.5. The van der Waals surface area contributed by atoms with Crippen LogP contribution in [0.1, 0.15) is 22.3 Å². The third-order valence-corrected chi connectivity index (χ3v) is 13.8. The second-order valence-corrected chi connectivity index (χ2v) is 17.1. The van der Waals surface area contributed by atoms with E-state index in [9.17, 15) is 0 Å². The third-order valence-electron chi connectivity index (χ3n) is 12.6. The van der Waals surface area contributed by atoms with Crippen molar-refractivity contribution in [1.82, 2.24) is 9.97 Å². The molecule has 11 aromatic rings. The summed E-state index contributed by atoms with van der Waals surface area (Å²) in [4.78, 5) is 11.1. The number of thiophene rings is 1. The highest BCUT2D eigenvalue weighted by Gasteiger charge is 2.46. The zero-order chi connectivity index (χ0) is 41.0. The van der Waals surface area contributed by atoms with E-state index in [1.54, 1.807) is 0 Å². The molecule has 0 saturated carbocycles. The maximum absolute atomic E-state index is 5.57. The van der Waals surface area contributed by atoms with Crippen LogP contribution >= 0.6 is 11.3 Å². The predicted molar refractivity (Wildman–Crippen MR) is 259 cm³/mol. The zero-order valence-corrected chi connectivity index (χ0v) is 34.6. The molecule has 12 rings (SSSR count). The fourth-order valence-electron chi connectivity index (χ4n) is 9.82. The minimum atomic E-state index is -0.540. The Morgan fingerprint density at radius 2 is 0.871 bits per heavy atom. The molecule has 0 amide bonds. The molecule has 0 saturated heterocycles. The van der Waals surface area contributed by atoms with Crippen molar-refractivity contribution < 1.29 is 0 Å². The molecule has 1 aliphatic rings. The molecular formula is C59H38N2S. The van der Waals surface area contributed by atoms with Gasteiger partial charge in [-0.3, -0.25) is 0 Å². The number of benzene rings is 9. The van der Waals surface area contributed by atoms with Crippen LogP contribution in [0.25, 0.3) is 87.5 Å². The van der Waals surface area contributed by atoms with Crippen molar-refractivity contribution in [3.05, 3.63) is 253 Å². The molecular weight excluding hydrogens is 769 g/mol. The van der Waals surface area contributed by atoms with E-state index in [4.69, 9.17) is 9.97 Å². The molecule has 0 bridgehead atoms. The van der Waals surface area contributed by atoms with E-state index in [1.807, 2.05) is 11.3 Å². The van der Waals surface area contributed by atoms with Crippen LogP contribution in [0.5, 0.6) is 0 Å². The first-order valence-electron chi connectivity index (χ1n) is 21.1. The molecule has 0 unspecified atom stereocenters. The normalized spacial score (nSPS) is 12.6. The Balaban J connectivity index is 1.13. The fraction of sp³-hybridized carbons (Fsp3) is 0.0169. The maximum atomic E-state index is 5.57. The lowest BCUT2D eigenvalue weighted by Crippen LogP contribution is -2.28. The lowest BCUT2D eigenvalue weighted by molar-refractivity contribution is 0.768. The molecule has 2 heterocycles. The van der Waals surface area contributed by atoms with E-state index >= 15 is 0 Å². The molecule has 0 spiro atoms. The van der Waals surface area contributed by atoms with Gasteiger partial charge in [-0.15, -0.1) is 11.3 Å². The van der Waals surface area contributed by atoms with Gasteiger partial charge in [0.2, 0.25) is 0 Å². The van der Waals surface area contributed by atoms with E-state index in [1.165, 1.54) is 59.1 Å². The summed E-state index contributed by atoms with van der Waals surface area (Å²) in [6, 6.07) is 83.4. The Bertz CT molecular complexity index is 3410. The van der Waals surface area contributed by atoms with Crippen LogP contribution in [-0.2, 0) is 5.41 Å². The van der Waals surface area contributed by atoms with Crippen LogP contribution in [0.3, 0.4) is 0 Å². The number of fused-ring (bicyclic) bond motifs is 6. The molecule has 0 aliphatic heterocycles. The second kappa shape index (κ2) is 14.8. The van der Waals surface area contributed by atoms with Gasteiger partial charge in [-0.25, -0.2) is 9.97 Å². The van der Waals surface area contributed by atoms with Gasteiger partial charge in [-0.1, -0.05) is 206 Å². The summed E-state index contributed by atoms with van der Waals surface area (Å²) in [5.74, 6) is 0.690. The van der Waals surface area contributed by atoms with Crippen LogP contribution in [0.15, 0.2) is 231 Å². The van der Waals surface area contributed by atoms with Gasteiger partial charge in [0.05, 0.1) is 16.8 Å². The van der Waals surface area contributed by atoms with Crippen LogP contribution in [-0.4, -0.2) is 9.97 Å². The molecule has 2 aromatic heterocycles. The van der Waals surface area contributed by atoms with E-state index in [0.29, 0.717) is 5.82 Å². The van der Waals surface area contributed by atoms with Gasteiger partial charge in [0, 0.05) is 36.9 Å². The number of hydrogen-bond donors (Lipinski definition) is 0. The largest absolute Gasteiger partial charge is 0.228 e. The smallest absolute Gasteiger partial charge is 0.160 e. The first-order chi connectivity index (χ1) is 30.7. The highest BCUT2D eigenvalue weighted by molar-refractivity contribution is 7.26. The Morgan fingerprint density at radius 3 is 1.61 bits per heavy atom. The Morgan fingerprint density at radius 1 is 0.323 bits per heavy atom. The quantitative estimate of drug-likeness (QED) is 0.160. The average molecular weight is 807 g/mol. The van der Waals surface area contributed by atoms with Crippen molar-refractivity contribution in [3.63, 3.8) is 0 Å². The Labute approximate surface area is 365 Å². The van der Waals surface area contributed by atoms with Gasteiger partial charge in [-0.2, -0.15) is 0 Å². The highest BCUT2D eigenvalue weighted by atomic mass is 32.1. The summed E-state index contributed by atoms with van der Waals surface area (Å²) in [5, 5.41) is 2.51. The first kappa shape index (κ1) is 36.2. The lowest BCUT2D eigenvalue weighted by atomic mass is 9.67. The van der Waals surface area contributed by atoms with E-state index < -0.39 is 5.41 Å². The summed E-state index contributed by atoms with van der Waals surface area (Å²) in [6.07, 6.45) is 0. The summed E-state index contributed by atoms with van der Waals surface area (Å²) in [5.41, 5.74) is 16.4. The zero-order valence-electron chi connectivity index (χ0n) is 33.7. The monoisotopic (exact) mass is 806 g/mol. The van der Waals surface area contributed by atoms with Crippen LogP contribution < -0.4 is 0 Å². The fourth-order valence-corrected chi connectivity index (χ4v) is 11.0. The van der Waals surface area contributed by atoms with Crippen LogP contribution in [0.2, 0.25) is 0 Å². The number of hydrogen-bond acceptors (Lipinski definition) is 3. The molecule has 0 atom stereocenters. The summed E-state index contributed by atoms with van der Waals surface area (Å²) < 4.78 is 2.49. The third kappa shape index (κ3) is 5.78. The minimum Gasteiger partial charge on any atom is -0.228 e. The molecule has 1 aliphatic carbocycles. The van der Waals surface area contributed by atoms with Crippen molar-refractivity contribution in [2.75, 3.05) is 0 Å². The molecule has 2 nitrogen and oxygen atoms in total. The maximum Gasteiger partial charge on any atom is 0.160 e. The van der Waals surface area contributed by atoms with E-state index in [0.717, 1.165) is 44.8 Å². The van der Waals surface area contributed by atoms with Gasteiger partial charge in [0.25, 0.3) is 0 Å². The van der Waals surface area contributed by atoms with Crippen LogP contribution in [0, 0.1) is 0 Å². The number of aromatic nitrogens is 2. The Kier molecular flexibility index (Phi) is 8.62. The van der Waals surface area contributed by atoms with Crippen molar-refractivity contribution in [2.24, 2.45) is 0 Å². The Hall–Kier alpha value is -7.72. The van der Waals surface area contributed by atoms with Crippen molar-refractivity contribution >= 4 is 31.5 Å². The number of nitrogens with zero attached hydrogens (tertiary/aromatic N) is 2.